The molecule has 0 rings (SSSR count). The lowest BCUT2D eigenvalue weighted by Gasteiger charge is -2.20. The highest BCUT2D eigenvalue weighted by molar-refractivity contribution is 7.47. The predicted molar refractivity (Wildman–Crippen MR) is 143 cm³/mol. The summed E-state index contributed by atoms with van der Waals surface area (Å²) in [5.41, 5.74) is 5.21. The van der Waals surface area contributed by atoms with Crippen LogP contribution in [0, 0.1) is 0 Å². The summed E-state index contributed by atoms with van der Waals surface area (Å²) in [6.45, 7) is 1.53. The Bertz CT molecular complexity index is 812. The summed E-state index contributed by atoms with van der Waals surface area (Å²) in [5.74, 6) is -2.61. The zero-order chi connectivity index (χ0) is 28.7. The van der Waals surface area contributed by atoms with Gasteiger partial charge < -0.3 is 25.2 Å². The van der Waals surface area contributed by atoms with E-state index >= 15 is 0 Å². The second kappa shape index (κ2) is 22.7. The Balaban J connectivity index is 4.16. The van der Waals surface area contributed by atoms with E-state index in [-0.39, 0.29) is 13.0 Å². The van der Waals surface area contributed by atoms with Crippen molar-refractivity contribution < 1.29 is 47.5 Å². The minimum Gasteiger partial charge on any atom is -0.480 e. The zero-order valence-electron chi connectivity index (χ0n) is 22.5. The molecule has 4 N–H and O–H groups in total. The molecule has 0 aliphatic carbocycles. The van der Waals surface area contributed by atoms with Gasteiger partial charge in [0.15, 0.2) is 6.10 Å². The highest BCUT2D eigenvalue weighted by atomic mass is 31.2. The minimum atomic E-state index is -4.67. The number of carbonyl (C=O) groups excluding carboxylic acids is 2. The second-order valence-electron chi connectivity index (χ2n) is 8.52. The number of aliphatic carboxylic acids is 1. The van der Waals surface area contributed by atoms with Crippen molar-refractivity contribution in [2.24, 2.45) is 5.73 Å². The fourth-order valence-electron chi connectivity index (χ4n) is 2.92. The number of ether oxygens (including phenoxy) is 2. The fraction of sp³-hybridized carbons (Fsp3) is 0.654. The van der Waals surface area contributed by atoms with E-state index in [4.69, 9.17) is 24.8 Å². The molecule has 0 aromatic heterocycles. The molecule has 3 atom stereocenters. The molecule has 12 heteroatoms. The quantitative estimate of drug-likeness (QED) is 0.0689. The minimum absolute atomic E-state index is 0.136. The van der Waals surface area contributed by atoms with Crippen LogP contribution in [0.1, 0.15) is 78.1 Å². The summed E-state index contributed by atoms with van der Waals surface area (Å²) < 4.78 is 31.2. The van der Waals surface area contributed by atoms with Crippen LogP contribution in [0.4, 0.5) is 0 Å². The van der Waals surface area contributed by atoms with Crippen molar-refractivity contribution in [2.75, 3.05) is 19.8 Å². The second-order valence-corrected chi connectivity index (χ2v) is 9.97. The molecular formula is C26H44NO10P. The number of carboxylic acid groups (broad SMARTS) is 1. The fourth-order valence-corrected chi connectivity index (χ4v) is 3.70. The number of unbranched alkanes of at least 4 members (excludes halogenated alkanes) is 5. The summed E-state index contributed by atoms with van der Waals surface area (Å²) >= 11 is 0. The average molecular weight is 562 g/mol. The predicted octanol–water partition coefficient (Wildman–Crippen LogP) is 4.60. The van der Waals surface area contributed by atoms with Gasteiger partial charge in [0.1, 0.15) is 12.6 Å². The van der Waals surface area contributed by atoms with Crippen molar-refractivity contribution >= 4 is 25.7 Å². The number of phosphoric ester groups is 1. The first-order valence-corrected chi connectivity index (χ1v) is 14.4. The van der Waals surface area contributed by atoms with E-state index in [0.29, 0.717) is 6.42 Å². The molecule has 0 radical (unpaired) electrons. The van der Waals surface area contributed by atoms with Gasteiger partial charge >= 0.3 is 25.7 Å². The number of rotatable bonds is 23. The van der Waals surface area contributed by atoms with Crippen LogP contribution in [0.5, 0.6) is 0 Å². The van der Waals surface area contributed by atoms with E-state index < -0.39 is 51.1 Å². The van der Waals surface area contributed by atoms with Gasteiger partial charge in [-0.3, -0.25) is 23.4 Å². The summed E-state index contributed by atoms with van der Waals surface area (Å²) in [7, 11) is -4.67. The van der Waals surface area contributed by atoms with E-state index in [0.717, 1.165) is 58.3 Å². The number of esters is 2. The van der Waals surface area contributed by atoms with Crippen LogP contribution in [0.25, 0.3) is 0 Å². The van der Waals surface area contributed by atoms with Crippen molar-refractivity contribution in [3.8, 4) is 0 Å². The maximum absolute atomic E-state index is 12.2. The van der Waals surface area contributed by atoms with Crippen LogP contribution in [0.2, 0.25) is 0 Å². The summed E-state index contributed by atoms with van der Waals surface area (Å²) in [6, 6.07) is -1.52. The third-order valence-corrected chi connectivity index (χ3v) is 5.91. The summed E-state index contributed by atoms with van der Waals surface area (Å²) in [4.78, 5) is 43.6. The molecule has 218 valence electrons. The molecule has 0 aromatic carbocycles. The van der Waals surface area contributed by atoms with Crippen molar-refractivity contribution in [3.63, 3.8) is 0 Å². The zero-order valence-corrected chi connectivity index (χ0v) is 23.4. The van der Waals surface area contributed by atoms with Gasteiger partial charge in [0.2, 0.25) is 0 Å². The topological polar surface area (TPSA) is 172 Å². The Morgan fingerprint density at radius 1 is 0.868 bits per heavy atom. The monoisotopic (exact) mass is 561 g/mol. The lowest BCUT2D eigenvalue weighted by atomic mass is 10.1. The first kappa shape index (κ1) is 35.7. The van der Waals surface area contributed by atoms with Crippen LogP contribution in [0.15, 0.2) is 36.5 Å². The molecule has 0 heterocycles. The Labute approximate surface area is 225 Å². The van der Waals surface area contributed by atoms with Gasteiger partial charge in [-0.15, -0.1) is 0 Å². The van der Waals surface area contributed by atoms with Gasteiger partial charge in [-0.25, -0.2) is 4.57 Å². The molecule has 0 fully saturated rings. The van der Waals surface area contributed by atoms with E-state index in [9.17, 15) is 23.8 Å². The molecule has 0 saturated carbocycles. The van der Waals surface area contributed by atoms with Gasteiger partial charge in [0.05, 0.1) is 13.2 Å². The molecule has 0 saturated heterocycles. The van der Waals surface area contributed by atoms with Crippen molar-refractivity contribution in [3.05, 3.63) is 36.5 Å². The van der Waals surface area contributed by atoms with Crippen LogP contribution in [-0.2, 0) is 37.5 Å². The highest BCUT2D eigenvalue weighted by Crippen LogP contribution is 2.43. The molecule has 0 aromatic rings. The van der Waals surface area contributed by atoms with E-state index in [2.05, 4.69) is 47.9 Å². The van der Waals surface area contributed by atoms with E-state index in [1.807, 2.05) is 0 Å². The number of allylic oxidation sites excluding steroid dienone is 6. The maximum atomic E-state index is 12.2. The average Bonchev–Trinajstić information content (AvgIpc) is 2.86. The van der Waals surface area contributed by atoms with Gasteiger partial charge in [-0.1, -0.05) is 62.6 Å². The SMILES string of the molecule is CC/C=C\C/C=C\C/C=C\CCCCCCCC(=O)OC(COC(C)=O)COP(=O)(O)OCC(N)C(=O)O. The molecule has 0 amide bonds. The number of carboxylic acids is 1. The Kier molecular flexibility index (Phi) is 21.3. The van der Waals surface area contributed by atoms with Gasteiger partial charge in [-0.2, -0.15) is 0 Å². The Morgan fingerprint density at radius 3 is 2.08 bits per heavy atom. The first-order chi connectivity index (χ1) is 18.1. The standard InChI is InChI=1S/C26H44NO10P/c1-3-4-5-6-7-8-9-10-11-12-13-14-15-16-17-18-25(29)37-23(19-34-22(2)28)20-35-38(32,33)36-21-24(27)26(30)31/h4-5,7-8,10-11,23-24H,3,6,9,12-21,27H2,1-2H3,(H,30,31)(H,32,33)/b5-4-,8-7-,11-10-. The Morgan fingerprint density at radius 2 is 1.45 bits per heavy atom. The molecule has 3 unspecified atom stereocenters. The molecule has 0 bridgehead atoms. The maximum Gasteiger partial charge on any atom is 0.472 e. The Hall–Kier alpha value is -2.30. The number of phosphoric acid groups is 1. The first-order valence-electron chi connectivity index (χ1n) is 13.0. The van der Waals surface area contributed by atoms with Gasteiger partial charge in [-0.05, 0) is 38.5 Å². The number of hydrogen-bond donors (Lipinski definition) is 3. The summed E-state index contributed by atoms with van der Waals surface area (Å²) in [6.07, 6.45) is 20.5. The molecule has 0 aliphatic rings. The third kappa shape index (κ3) is 22.9. The van der Waals surface area contributed by atoms with Crippen LogP contribution in [-0.4, -0.2) is 59.9 Å². The van der Waals surface area contributed by atoms with E-state index in [1.54, 1.807) is 0 Å². The van der Waals surface area contributed by atoms with Crippen molar-refractivity contribution in [1.82, 2.24) is 0 Å². The molecule has 0 aliphatic heterocycles. The van der Waals surface area contributed by atoms with E-state index in [1.165, 1.54) is 0 Å². The van der Waals surface area contributed by atoms with Gasteiger partial charge in [0, 0.05) is 13.3 Å². The highest BCUT2D eigenvalue weighted by Gasteiger charge is 2.27. The number of carbonyl (C=O) groups is 3. The number of nitrogens with two attached hydrogens (primary N) is 1. The molecule has 11 nitrogen and oxygen atoms in total. The third-order valence-electron chi connectivity index (χ3n) is 4.96. The van der Waals surface area contributed by atoms with Crippen LogP contribution in [0.3, 0.4) is 0 Å². The smallest absolute Gasteiger partial charge is 0.472 e. The number of hydrogen-bond acceptors (Lipinski definition) is 9. The van der Waals surface area contributed by atoms with Crippen LogP contribution < -0.4 is 5.73 Å². The summed E-state index contributed by atoms with van der Waals surface area (Å²) in [5, 5.41) is 8.69. The lowest BCUT2D eigenvalue weighted by Crippen LogP contribution is -2.34. The van der Waals surface area contributed by atoms with Gasteiger partial charge in [0.25, 0.3) is 0 Å². The largest absolute Gasteiger partial charge is 0.480 e. The normalized spacial score (nSPS) is 15.1. The molecular weight excluding hydrogens is 517 g/mol. The lowest BCUT2D eigenvalue weighted by molar-refractivity contribution is -0.160. The van der Waals surface area contributed by atoms with Crippen molar-refractivity contribution in [2.45, 2.75) is 90.2 Å². The van der Waals surface area contributed by atoms with Crippen molar-refractivity contribution in [1.29, 1.82) is 0 Å². The van der Waals surface area contributed by atoms with Crippen LogP contribution >= 0.6 is 7.82 Å². The molecule has 38 heavy (non-hydrogen) atoms. The molecule has 0 spiro atoms.